The quantitative estimate of drug-likeness (QED) is 0.789. The molecule has 1 N–H and O–H groups in total. The van der Waals surface area contributed by atoms with Gasteiger partial charge in [-0.3, -0.25) is 14.2 Å². The number of hydrogen-bond acceptors (Lipinski definition) is 5. The van der Waals surface area contributed by atoms with Gasteiger partial charge in [0.15, 0.2) is 0 Å². The fourth-order valence-electron chi connectivity index (χ4n) is 3.41. The number of amides is 1. The maximum absolute atomic E-state index is 14.1. The first-order valence-corrected chi connectivity index (χ1v) is 9.38. The second kappa shape index (κ2) is 8.60. The molecule has 1 aliphatic heterocycles. The van der Waals surface area contributed by atoms with Gasteiger partial charge in [-0.1, -0.05) is 17.7 Å². The third kappa shape index (κ3) is 4.40. The van der Waals surface area contributed by atoms with Gasteiger partial charge >= 0.3 is 5.69 Å². The molecular formula is C20H24FN3O5. The molecule has 9 heteroatoms. The van der Waals surface area contributed by atoms with Gasteiger partial charge in [-0.15, -0.1) is 0 Å². The van der Waals surface area contributed by atoms with Crippen LogP contribution in [-0.2, 0) is 16.1 Å². The molecule has 156 valence electrons. The molecule has 2 aromatic rings. The minimum atomic E-state index is -1.14. The van der Waals surface area contributed by atoms with Crippen LogP contribution >= 0.6 is 0 Å². The van der Waals surface area contributed by atoms with E-state index in [2.05, 4.69) is 5.32 Å². The smallest absolute Gasteiger partial charge is 0.333 e. The molecule has 0 aliphatic carbocycles. The third-order valence-electron chi connectivity index (χ3n) is 4.90. The lowest BCUT2D eigenvalue weighted by Crippen LogP contribution is -2.45. The molecule has 0 unspecified atom stereocenters. The van der Waals surface area contributed by atoms with E-state index >= 15 is 0 Å². The molecule has 3 rings (SSSR count). The molecule has 1 fully saturated rings. The second-order valence-electron chi connectivity index (χ2n) is 7.06. The summed E-state index contributed by atoms with van der Waals surface area (Å²) in [4.78, 5) is 37.3. The van der Waals surface area contributed by atoms with Crippen LogP contribution in [0.3, 0.4) is 0 Å². The summed E-state index contributed by atoms with van der Waals surface area (Å²) in [5.41, 5.74) is -0.175. The minimum absolute atomic E-state index is 0.443. The van der Waals surface area contributed by atoms with E-state index in [9.17, 15) is 18.8 Å². The van der Waals surface area contributed by atoms with Gasteiger partial charge in [0, 0.05) is 12.2 Å². The molecule has 2 atom stereocenters. The molecule has 1 aliphatic rings. The first kappa shape index (κ1) is 20.8. The Morgan fingerprint density at radius 3 is 2.83 bits per heavy atom. The number of rotatable bonds is 6. The van der Waals surface area contributed by atoms with Crippen molar-refractivity contribution in [2.45, 2.75) is 45.5 Å². The molecule has 1 saturated heterocycles. The van der Waals surface area contributed by atoms with Gasteiger partial charge in [0.1, 0.15) is 18.5 Å². The summed E-state index contributed by atoms with van der Waals surface area (Å²) in [6.07, 6.45) is 1.47. The fourth-order valence-corrected chi connectivity index (χ4v) is 3.41. The van der Waals surface area contributed by atoms with Crippen molar-refractivity contribution in [1.82, 2.24) is 14.5 Å². The van der Waals surface area contributed by atoms with Crippen molar-refractivity contribution in [2.75, 3.05) is 13.7 Å². The zero-order valence-electron chi connectivity index (χ0n) is 16.6. The van der Waals surface area contributed by atoms with Crippen LogP contribution in [0.4, 0.5) is 4.39 Å². The van der Waals surface area contributed by atoms with Gasteiger partial charge in [-0.05, 0) is 32.8 Å². The number of benzene rings is 1. The van der Waals surface area contributed by atoms with Gasteiger partial charge in [0.05, 0.1) is 19.3 Å². The molecule has 1 aromatic carbocycles. The lowest BCUT2D eigenvalue weighted by atomic mass is 10.0. The molecule has 1 amide bonds. The molecule has 0 radical (unpaired) electrons. The van der Waals surface area contributed by atoms with Crippen LogP contribution in [0.1, 0.15) is 43.2 Å². The van der Waals surface area contributed by atoms with Crippen molar-refractivity contribution >= 4 is 5.91 Å². The Bertz CT molecular complexity index is 1020. The van der Waals surface area contributed by atoms with Gasteiger partial charge < -0.3 is 14.8 Å². The van der Waals surface area contributed by atoms with E-state index in [-0.39, 0.29) is 0 Å². The summed E-state index contributed by atoms with van der Waals surface area (Å²) in [5, 5.41) is 2.73. The normalized spacial score (nSPS) is 17.2. The van der Waals surface area contributed by atoms with Gasteiger partial charge in [0.2, 0.25) is 11.7 Å². The Morgan fingerprint density at radius 1 is 1.41 bits per heavy atom. The number of halogens is 1. The van der Waals surface area contributed by atoms with Crippen molar-refractivity contribution < 1.29 is 18.7 Å². The van der Waals surface area contributed by atoms with Crippen molar-refractivity contribution in [3.63, 3.8) is 0 Å². The van der Waals surface area contributed by atoms with E-state index in [1.54, 1.807) is 13.0 Å². The lowest BCUT2D eigenvalue weighted by molar-refractivity contribution is -0.122. The SMILES string of the molecule is COc1ccc(C)cc1[C@@H](C)NC(=O)Cn1c(=O)c(F)cn([C@@H]2CCCO2)c1=O. The second-order valence-corrected chi connectivity index (χ2v) is 7.06. The van der Waals surface area contributed by atoms with E-state index in [1.165, 1.54) is 7.11 Å². The maximum atomic E-state index is 14.1. The van der Waals surface area contributed by atoms with Crippen molar-refractivity contribution in [3.05, 3.63) is 62.2 Å². The molecular weight excluding hydrogens is 381 g/mol. The number of hydrogen-bond donors (Lipinski definition) is 1. The number of carbonyl (C=O) groups is 1. The number of nitrogens with zero attached hydrogens (tertiary/aromatic N) is 2. The van der Waals surface area contributed by atoms with Crippen LogP contribution in [0.5, 0.6) is 5.75 Å². The number of ether oxygens (including phenoxy) is 2. The summed E-state index contributed by atoms with van der Waals surface area (Å²) >= 11 is 0. The highest BCUT2D eigenvalue weighted by Gasteiger charge is 2.23. The first-order valence-electron chi connectivity index (χ1n) is 9.38. The monoisotopic (exact) mass is 405 g/mol. The molecule has 0 bridgehead atoms. The van der Waals surface area contributed by atoms with Crippen molar-refractivity contribution in [2.24, 2.45) is 0 Å². The third-order valence-corrected chi connectivity index (χ3v) is 4.90. The molecule has 2 heterocycles. The van der Waals surface area contributed by atoms with E-state index < -0.39 is 41.8 Å². The average molecular weight is 405 g/mol. The number of carbonyl (C=O) groups excluding carboxylic acids is 1. The molecule has 29 heavy (non-hydrogen) atoms. The van der Waals surface area contributed by atoms with Crippen LogP contribution in [0.2, 0.25) is 0 Å². The topological polar surface area (TPSA) is 91.6 Å². The van der Waals surface area contributed by atoms with E-state index in [0.29, 0.717) is 23.3 Å². The number of nitrogens with one attached hydrogen (secondary N) is 1. The Labute approximate surface area is 166 Å². The van der Waals surface area contributed by atoms with Crippen LogP contribution in [0.25, 0.3) is 0 Å². The highest BCUT2D eigenvalue weighted by molar-refractivity contribution is 5.76. The predicted octanol–water partition coefficient (Wildman–Crippen LogP) is 1.65. The number of methoxy groups -OCH3 is 1. The lowest BCUT2D eigenvalue weighted by Gasteiger charge is -2.19. The molecule has 0 saturated carbocycles. The summed E-state index contributed by atoms with van der Waals surface area (Å²) in [7, 11) is 1.53. The first-order chi connectivity index (χ1) is 13.8. The largest absolute Gasteiger partial charge is 0.496 e. The zero-order chi connectivity index (χ0) is 21.1. The predicted molar refractivity (Wildman–Crippen MR) is 103 cm³/mol. The summed E-state index contributed by atoms with van der Waals surface area (Å²) < 4.78 is 26.4. The Balaban J connectivity index is 1.83. The Morgan fingerprint density at radius 2 is 2.17 bits per heavy atom. The molecule has 8 nitrogen and oxygen atoms in total. The minimum Gasteiger partial charge on any atom is -0.496 e. The zero-order valence-corrected chi connectivity index (χ0v) is 16.6. The van der Waals surface area contributed by atoms with Crippen LogP contribution in [-0.4, -0.2) is 28.8 Å². The van der Waals surface area contributed by atoms with E-state index in [0.717, 1.165) is 28.3 Å². The van der Waals surface area contributed by atoms with E-state index in [1.807, 2.05) is 19.1 Å². The summed E-state index contributed by atoms with van der Waals surface area (Å²) in [5.74, 6) is -1.10. The van der Waals surface area contributed by atoms with Gasteiger partial charge in [-0.25, -0.2) is 9.36 Å². The maximum Gasteiger partial charge on any atom is 0.333 e. The van der Waals surface area contributed by atoms with E-state index in [4.69, 9.17) is 9.47 Å². The standard InChI is InChI=1S/C20H24FN3O5/c1-12-6-7-16(28-3)14(9-12)13(2)22-17(25)11-24-19(26)15(21)10-23(20(24)27)18-5-4-8-29-18/h6-7,9-10,13,18H,4-5,8,11H2,1-3H3,(H,22,25)/t13-,18+/m1/s1. The Kier molecular flexibility index (Phi) is 6.17. The van der Waals surface area contributed by atoms with Crippen LogP contribution < -0.4 is 21.3 Å². The summed E-state index contributed by atoms with van der Waals surface area (Å²) in [6, 6.07) is 5.12. The molecule has 1 aromatic heterocycles. The average Bonchev–Trinajstić information content (AvgIpc) is 3.22. The van der Waals surface area contributed by atoms with Crippen molar-refractivity contribution in [3.8, 4) is 5.75 Å². The van der Waals surface area contributed by atoms with Crippen LogP contribution in [0, 0.1) is 12.7 Å². The Hall–Kier alpha value is -2.94. The summed E-state index contributed by atoms with van der Waals surface area (Å²) in [6.45, 7) is 3.53. The van der Waals surface area contributed by atoms with Crippen molar-refractivity contribution in [1.29, 1.82) is 0 Å². The highest BCUT2D eigenvalue weighted by atomic mass is 19.1. The van der Waals surface area contributed by atoms with Gasteiger partial charge in [-0.2, -0.15) is 4.39 Å². The molecule has 0 spiro atoms. The number of aromatic nitrogens is 2. The van der Waals surface area contributed by atoms with Gasteiger partial charge in [0.25, 0.3) is 5.56 Å². The highest BCUT2D eigenvalue weighted by Crippen LogP contribution is 2.26. The van der Waals surface area contributed by atoms with Crippen LogP contribution in [0.15, 0.2) is 34.0 Å². The fraction of sp³-hybridized carbons (Fsp3) is 0.450. The number of aryl methyl sites for hydroxylation is 1.